The van der Waals surface area contributed by atoms with Gasteiger partial charge in [-0.1, -0.05) is 0 Å². The van der Waals surface area contributed by atoms with Crippen LogP contribution >= 0.6 is 0 Å². The Morgan fingerprint density at radius 2 is 1.60 bits per heavy atom. The first-order valence-electron chi connectivity index (χ1n) is 6.76. The summed E-state index contributed by atoms with van der Waals surface area (Å²) in [5.41, 5.74) is 2.00. The molecule has 1 fully saturated rings. The van der Waals surface area contributed by atoms with Crippen molar-refractivity contribution in [3.63, 3.8) is 0 Å². The summed E-state index contributed by atoms with van der Waals surface area (Å²) < 4.78 is 12.9. The molecule has 0 radical (unpaired) electrons. The van der Waals surface area contributed by atoms with Gasteiger partial charge in [0.1, 0.15) is 11.6 Å². The maximum Gasteiger partial charge on any atom is 0.147 e. The van der Waals surface area contributed by atoms with Gasteiger partial charge in [0, 0.05) is 38.1 Å². The minimum atomic E-state index is -0.192. The fourth-order valence-electron chi connectivity index (χ4n) is 2.45. The fraction of sp³-hybridized carbons (Fsp3) is 0.333. The third-order valence-corrected chi connectivity index (χ3v) is 3.54. The Balaban J connectivity index is 1.66. The molecule has 2 aromatic rings. The second-order valence-electron chi connectivity index (χ2n) is 4.97. The molecule has 0 atom stereocenters. The number of benzene rings is 1. The van der Waals surface area contributed by atoms with E-state index in [1.165, 1.54) is 12.1 Å². The van der Waals surface area contributed by atoms with Crippen molar-refractivity contribution in [3.8, 4) is 0 Å². The lowest BCUT2D eigenvalue weighted by atomic mass is 10.2. The van der Waals surface area contributed by atoms with Crippen LogP contribution in [0, 0.1) is 12.7 Å². The van der Waals surface area contributed by atoms with E-state index in [4.69, 9.17) is 0 Å². The average molecular weight is 272 g/mol. The predicted molar refractivity (Wildman–Crippen MR) is 77.6 cm³/mol. The van der Waals surface area contributed by atoms with Gasteiger partial charge in [0.2, 0.25) is 0 Å². The molecule has 0 N–H and O–H groups in total. The Kier molecular flexibility index (Phi) is 3.50. The van der Waals surface area contributed by atoms with E-state index in [1.54, 1.807) is 12.4 Å². The van der Waals surface area contributed by atoms with E-state index in [1.807, 2.05) is 19.1 Å². The number of hydrogen-bond acceptors (Lipinski definition) is 4. The summed E-state index contributed by atoms with van der Waals surface area (Å²) in [6, 6.07) is 6.68. The van der Waals surface area contributed by atoms with Gasteiger partial charge < -0.3 is 9.80 Å². The molecule has 1 aliphatic rings. The molecule has 0 unspecified atom stereocenters. The molecule has 4 nitrogen and oxygen atoms in total. The summed E-state index contributed by atoms with van der Waals surface area (Å²) in [7, 11) is 0. The SMILES string of the molecule is Cc1cncc(N2CCN(c3ccc(F)cc3)CC2)n1. The molecule has 0 spiro atoms. The number of rotatable bonds is 2. The molecular formula is C15H17FN4. The van der Waals surface area contributed by atoms with Gasteiger partial charge in [-0.2, -0.15) is 0 Å². The summed E-state index contributed by atoms with van der Waals surface area (Å²) in [5, 5.41) is 0. The van der Waals surface area contributed by atoms with Crippen molar-refractivity contribution in [2.45, 2.75) is 6.92 Å². The maximum atomic E-state index is 12.9. The van der Waals surface area contributed by atoms with Gasteiger partial charge in [-0.25, -0.2) is 9.37 Å². The van der Waals surface area contributed by atoms with Crippen molar-refractivity contribution in [1.29, 1.82) is 0 Å². The van der Waals surface area contributed by atoms with Gasteiger partial charge >= 0.3 is 0 Å². The number of aryl methyl sites for hydroxylation is 1. The Morgan fingerprint density at radius 1 is 0.950 bits per heavy atom. The van der Waals surface area contributed by atoms with Crippen molar-refractivity contribution in [2.75, 3.05) is 36.0 Å². The van der Waals surface area contributed by atoms with Crippen LogP contribution in [0.4, 0.5) is 15.9 Å². The van der Waals surface area contributed by atoms with E-state index in [9.17, 15) is 4.39 Å². The molecule has 1 aliphatic heterocycles. The number of halogens is 1. The van der Waals surface area contributed by atoms with E-state index in [-0.39, 0.29) is 5.82 Å². The van der Waals surface area contributed by atoms with E-state index in [0.717, 1.165) is 43.4 Å². The smallest absolute Gasteiger partial charge is 0.147 e. The first-order valence-corrected chi connectivity index (χ1v) is 6.76. The van der Waals surface area contributed by atoms with Gasteiger partial charge in [0.15, 0.2) is 0 Å². The van der Waals surface area contributed by atoms with Crippen molar-refractivity contribution >= 4 is 11.5 Å². The van der Waals surface area contributed by atoms with Gasteiger partial charge in [-0.05, 0) is 31.2 Å². The highest BCUT2D eigenvalue weighted by Gasteiger charge is 2.18. The molecule has 1 saturated heterocycles. The van der Waals surface area contributed by atoms with Crippen LogP contribution < -0.4 is 9.80 Å². The van der Waals surface area contributed by atoms with Gasteiger partial charge in [0.05, 0.1) is 11.9 Å². The quantitative estimate of drug-likeness (QED) is 0.839. The highest BCUT2D eigenvalue weighted by Crippen LogP contribution is 2.19. The van der Waals surface area contributed by atoms with E-state index >= 15 is 0 Å². The molecule has 1 aromatic heterocycles. The lowest BCUT2D eigenvalue weighted by molar-refractivity contribution is 0.624. The van der Waals surface area contributed by atoms with E-state index < -0.39 is 0 Å². The second kappa shape index (κ2) is 5.45. The Morgan fingerprint density at radius 3 is 2.25 bits per heavy atom. The molecule has 0 bridgehead atoms. The van der Waals surface area contributed by atoms with Crippen molar-refractivity contribution in [3.05, 3.63) is 48.2 Å². The van der Waals surface area contributed by atoms with Crippen molar-refractivity contribution < 1.29 is 4.39 Å². The van der Waals surface area contributed by atoms with Gasteiger partial charge in [0.25, 0.3) is 0 Å². The monoisotopic (exact) mass is 272 g/mol. The molecule has 0 aliphatic carbocycles. The van der Waals surface area contributed by atoms with Gasteiger partial charge in [-0.3, -0.25) is 4.98 Å². The first kappa shape index (κ1) is 12.8. The van der Waals surface area contributed by atoms with E-state index in [0.29, 0.717) is 0 Å². The van der Waals surface area contributed by atoms with Crippen LogP contribution in [-0.4, -0.2) is 36.1 Å². The molecule has 104 valence electrons. The third kappa shape index (κ3) is 2.71. The number of aromatic nitrogens is 2. The zero-order chi connectivity index (χ0) is 13.9. The largest absolute Gasteiger partial charge is 0.368 e. The standard InChI is InChI=1S/C15H17FN4/c1-12-10-17-11-15(18-12)20-8-6-19(7-9-20)14-4-2-13(16)3-5-14/h2-5,10-11H,6-9H2,1H3. The Labute approximate surface area is 117 Å². The maximum absolute atomic E-state index is 12.9. The van der Waals surface area contributed by atoms with Crippen LogP contribution in [0.1, 0.15) is 5.69 Å². The molecule has 0 saturated carbocycles. The number of piperazine rings is 1. The van der Waals surface area contributed by atoms with Crippen LogP contribution in [0.5, 0.6) is 0 Å². The van der Waals surface area contributed by atoms with Crippen LogP contribution in [0.3, 0.4) is 0 Å². The Hall–Kier alpha value is -2.17. The number of anilines is 2. The topological polar surface area (TPSA) is 32.3 Å². The number of hydrogen-bond donors (Lipinski definition) is 0. The van der Waals surface area contributed by atoms with Crippen molar-refractivity contribution in [2.24, 2.45) is 0 Å². The van der Waals surface area contributed by atoms with Crippen LogP contribution in [0.15, 0.2) is 36.7 Å². The van der Waals surface area contributed by atoms with Crippen LogP contribution in [0.25, 0.3) is 0 Å². The van der Waals surface area contributed by atoms with Crippen molar-refractivity contribution in [1.82, 2.24) is 9.97 Å². The summed E-state index contributed by atoms with van der Waals surface area (Å²) >= 11 is 0. The third-order valence-electron chi connectivity index (χ3n) is 3.54. The highest BCUT2D eigenvalue weighted by molar-refractivity contribution is 5.49. The minimum Gasteiger partial charge on any atom is -0.368 e. The van der Waals surface area contributed by atoms with E-state index in [2.05, 4.69) is 19.8 Å². The molecule has 5 heteroatoms. The normalized spacial score (nSPS) is 15.5. The lowest BCUT2D eigenvalue weighted by Gasteiger charge is -2.36. The molecule has 0 amide bonds. The van der Waals surface area contributed by atoms with Gasteiger partial charge in [-0.15, -0.1) is 0 Å². The average Bonchev–Trinajstić information content (AvgIpc) is 2.48. The first-order chi connectivity index (χ1) is 9.72. The van der Waals surface area contributed by atoms with Crippen LogP contribution in [0.2, 0.25) is 0 Å². The lowest BCUT2D eigenvalue weighted by Crippen LogP contribution is -2.46. The highest BCUT2D eigenvalue weighted by atomic mass is 19.1. The minimum absolute atomic E-state index is 0.192. The summed E-state index contributed by atoms with van der Waals surface area (Å²) in [5.74, 6) is 0.742. The molecule has 1 aromatic carbocycles. The molecular weight excluding hydrogens is 255 g/mol. The Bertz CT molecular complexity index is 577. The van der Waals surface area contributed by atoms with Crippen LogP contribution in [-0.2, 0) is 0 Å². The molecule has 3 rings (SSSR count). The fourth-order valence-corrected chi connectivity index (χ4v) is 2.45. The molecule has 2 heterocycles. The zero-order valence-electron chi connectivity index (χ0n) is 11.5. The number of nitrogens with zero attached hydrogens (tertiary/aromatic N) is 4. The second-order valence-corrected chi connectivity index (χ2v) is 4.97. The summed E-state index contributed by atoms with van der Waals surface area (Å²) in [6.07, 6.45) is 3.57. The summed E-state index contributed by atoms with van der Waals surface area (Å²) in [6.45, 7) is 5.55. The zero-order valence-corrected chi connectivity index (χ0v) is 11.5. The summed E-state index contributed by atoms with van der Waals surface area (Å²) in [4.78, 5) is 13.2. The predicted octanol–water partition coefficient (Wildman–Crippen LogP) is 2.25. The molecule has 20 heavy (non-hydrogen) atoms.